The van der Waals surface area contributed by atoms with E-state index in [2.05, 4.69) is 16.5 Å². The minimum Gasteiger partial charge on any atom is -0.496 e. The first-order valence-electron chi connectivity index (χ1n) is 7.87. The number of allylic oxidation sites excluding steroid dienone is 1. The first kappa shape index (κ1) is 17.8. The minimum atomic E-state index is 0.478. The number of methoxy groups -OCH3 is 1. The zero-order chi connectivity index (χ0) is 17.5. The zero-order valence-corrected chi connectivity index (χ0v) is 14.6. The van der Waals surface area contributed by atoms with Gasteiger partial charge in [-0.1, -0.05) is 12.1 Å². The molecule has 24 heavy (non-hydrogen) atoms. The molecule has 0 aliphatic rings. The van der Waals surface area contributed by atoms with Crippen LogP contribution in [0.2, 0.25) is 0 Å². The van der Waals surface area contributed by atoms with Gasteiger partial charge in [-0.25, -0.2) is 4.98 Å². The van der Waals surface area contributed by atoms with Gasteiger partial charge in [0.05, 0.1) is 12.8 Å². The van der Waals surface area contributed by atoms with Gasteiger partial charge in [0.25, 0.3) is 0 Å². The molecule has 1 aromatic heterocycles. The molecular formula is C19H25N3O2. The van der Waals surface area contributed by atoms with Gasteiger partial charge in [0, 0.05) is 18.2 Å². The van der Waals surface area contributed by atoms with E-state index in [9.17, 15) is 0 Å². The Morgan fingerprint density at radius 1 is 1.25 bits per heavy atom. The van der Waals surface area contributed by atoms with Crippen LogP contribution in [0.3, 0.4) is 0 Å². The Morgan fingerprint density at radius 2 is 2.04 bits per heavy atom. The third kappa shape index (κ3) is 4.49. The van der Waals surface area contributed by atoms with Gasteiger partial charge < -0.3 is 20.1 Å². The van der Waals surface area contributed by atoms with E-state index in [-0.39, 0.29) is 0 Å². The van der Waals surface area contributed by atoms with Crippen LogP contribution in [0.1, 0.15) is 5.56 Å². The molecule has 0 unspecified atom stereocenters. The highest BCUT2D eigenvalue weighted by atomic mass is 16.5. The highest BCUT2D eigenvalue weighted by Gasteiger charge is 2.14. The van der Waals surface area contributed by atoms with Crippen LogP contribution in [0.5, 0.6) is 11.5 Å². The number of benzene rings is 1. The largest absolute Gasteiger partial charge is 0.496 e. The molecule has 0 bridgehead atoms. The predicted molar refractivity (Wildman–Crippen MR) is 98.6 cm³/mol. The van der Waals surface area contributed by atoms with E-state index in [1.807, 2.05) is 44.4 Å². The lowest BCUT2D eigenvalue weighted by atomic mass is 10.0. The number of pyridine rings is 1. The molecule has 0 aliphatic heterocycles. The highest BCUT2D eigenvalue weighted by molar-refractivity contribution is 5.71. The Hall–Kier alpha value is -2.53. The van der Waals surface area contributed by atoms with Gasteiger partial charge in [-0.3, -0.25) is 0 Å². The SMILES string of the molecule is C=CCc1cc(-c2cccc(N)n2)c(OC)cc1OCCN(C)C. The van der Waals surface area contributed by atoms with Crippen molar-refractivity contribution in [3.63, 3.8) is 0 Å². The number of nitrogens with zero attached hydrogens (tertiary/aromatic N) is 2. The van der Waals surface area contributed by atoms with Crippen molar-refractivity contribution in [1.82, 2.24) is 9.88 Å². The van der Waals surface area contributed by atoms with E-state index in [0.717, 1.165) is 29.1 Å². The second kappa shape index (κ2) is 8.36. The molecule has 0 fully saturated rings. The maximum Gasteiger partial charge on any atom is 0.131 e. The molecule has 5 heteroatoms. The number of hydrogen-bond acceptors (Lipinski definition) is 5. The fourth-order valence-electron chi connectivity index (χ4n) is 2.36. The predicted octanol–water partition coefficient (Wildman–Crippen LogP) is 3.01. The summed E-state index contributed by atoms with van der Waals surface area (Å²) in [6.45, 7) is 5.28. The molecular weight excluding hydrogens is 302 g/mol. The average Bonchev–Trinajstić information content (AvgIpc) is 2.55. The van der Waals surface area contributed by atoms with Gasteiger partial charge in [0.1, 0.15) is 23.9 Å². The summed E-state index contributed by atoms with van der Waals surface area (Å²) in [7, 11) is 5.67. The molecule has 2 aromatic rings. The number of nitrogens with two attached hydrogens (primary N) is 1. The Balaban J connectivity index is 2.41. The van der Waals surface area contributed by atoms with Gasteiger partial charge in [-0.05, 0) is 44.3 Å². The van der Waals surface area contributed by atoms with Crippen LogP contribution in [0, 0.1) is 0 Å². The quantitative estimate of drug-likeness (QED) is 0.755. The highest BCUT2D eigenvalue weighted by Crippen LogP contribution is 2.36. The minimum absolute atomic E-state index is 0.478. The first-order valence-corrected chi connectivity index (χ1v) is 7.87. The van der Waals surface area contributed by atoms with E-state index in [1.165, 1.54) is 0 Å². The summed E-state index contributed by atoms with van der Waals surface area (Å²) in [6.07, 6.45) is 2.56. The number of anilines is 1. The molecule has 0 atom stereocenters. The summed E-state index contributed by atoms with van der Waals surface area (Å²) >= 11 is 0. The molecule has 5 nitrogen and oxygen atoms in total. The van der Waals surface area contributed by atoms with E-state index >= 15 is 0 Å². The molecule has 0 saturated heterocycles. The van der Waals surface area contributed by atoms with Crippen LogP contribution < -0.4 is 15.2 Å². The van der Waals surface area contributed by atoms with Crippen molar-refractivity contribution in [2.45, 2.75) is 6.42 Å². The van der Waals surface area contributed by atoms with Crippen LogP contribution in [-0.4, -0.2) is 44.2 Å². The van der Waals surface area contributed by atoms with Crippen molar-refractivity contribution >= 4 is 5.82 Å². The summed E-state index contributed by atoms with van der Waals surface area (Å²) in [5.41, 5.74) is 8.52. The second-order valence-electron chi connectivity index (χ2n) is 5.75. The van der Waals surface area contributed by atoms with Crippen molar-refractivity contribution in [2.75, 3.05) is 40.1 Å². The third-order valence-corrected chi connectivity index (χ3v) is 3.59. The normalized spacial score (nSPS) is 10.7. The van der Waals surface area contributed by atoms with Gasteiger partial charge in [0.2, 0.25) is 0 Å². The van der Waals surface area contributed by atoms with E-state index in [1.54, 1.807) is 13.2 Å². The second-order valence-corrected chi connectivity index (χ2v) is 5.75. The molecule has 128 valence electrons. The lowest BCUT2D eigenvalue weighted by molar-refractivity contribution is 0.259. The molecule has 1 heterocycles. The smallest absolute Gasteiger partial charge is 0.131 e. The van der Waals surface area contributed by atoms with E-state index in [4.69, 9.17) is 15.2 Å². The Kier molecular flexibility index (Phi) is 6.21. The Morgan fingerprint density at radius 3 is 2.67 bits per heavy atom. The lowest BCUT2D eigenvalue weighted by Gasteiger charge is -2.17. The number of likely N-dealkylation sites (N-methyl/N-ethyl adjacent to an activating group) is 1. The molecule has 2 N–H and O–H groups in total. The van der Waals surface area contributed by atoms with Crippen LogP contribution in [0.25, 0.3) is 11.3 Å². The fraction of sp³-hybridized carbons (Fsp3) is 0.316. The van der Waals surface area contributed by atoms with Crippen LogP contribution >= 0.6 is 0 Å². The van der Waals surface area contributed by atoms with Gasteiger partial charge in [-0.15, -0.1) is 6.58 Å². The van der Waals surface area contributed by atoms with E-state index < -0.39 is 0 Å². The zero-order valence-electron chi connectivity index (χ0n) is 14.6. The van der Waals surface area contributed by atoms with E-state index in [0.29, 0.717) is 24.6 Å². The maximum absolute atomic E-state index is 5.94. The molecule has 0 saturated carbocycles. The van der Waals surface area contributed by atoms with Gasteiger partial charge >= 0.3 is 0 Å². The number of nitrogen functional groups attached to an aromatic ring is 1. The van der Waals surface area contributed by atoms with Crippen molar-refractivity contribution in [3.05, 3.63) is 48.6 Å². The van der Waals surface area contributed by atoms with Crippen molar-refractivity contribution in [2.24, 2.45) is 0 Å². The molecule has 0 aliphatic carbocycles. The maximum atomic E-state index is 5.94. The fourth-order valence-corrected chi connectivity index (χ4v) is 2.36. The summed E-state index contributed by atoms with van der Waals surface area (Å²) in [6, 6.07) is 9.51. The Labute approximate surface area is 143 Å². The van der Waals surface area contributed by atoms with Gasteiger partial charge in [0.15, 0.2) is 0 Å². The first-order chi connectivity index (χ1) is 11.5. The molecule has 0 radical (unpaired) electrons. The summed E-state index contributed by atoms with van der Waals surface area (Å²) in [4.78, 5) is 6.47. The topological polar surface area (TPSA) is 60.6 Å². The van der Waals surface area contributed by atoms with Crippen LogP contribution in [0.4, 0.5) is 5.82 Å². The monoisotopic (exact) mass is 327 g/mol. The average molecular weight is 327 g/mol. The standard InChI is InChI=1S/C19H25N3O2/c1-5-7-14-12-15(16-8-6-9-19(20)21-16)18(23-4)13-17(14)24-11-10-22(2)3/h5-6,8-9,12-13H,1,7,10-11H2,2-4H3,(H2,20,21). The number of ether oxygens (including phenoxy) is 2. The summed E-state index contributed by atoms with van der Waals surface area (Å²) in [5, 5.41) is 0. The van der Waals surface area contributed by atoms with Crippen molar-refractivity contribution in [3.8, 4) is 22.8 Å². The molecule has 0 spiro atoms. The summed E-state index contributed by atoms with van der Waals surface area (Å²) < 4.78 is 11.5. The van der Waals surface area contributed by atoms with Crippen molar-refractivity contribution < 1.29 is 9.47 Å². The number of rotatable bonds is 8. The summed E-state index contributed by atoms with van der Waals surface area (Å²) in [5.74, 6) is 1.99. The number of hydrogen-bond donors (Lipinski definition) is 1. The van der Waals surface area contributed by atoms with Gasteiger partial charge in [-0.2, -0.15) is 0 Å². The van der Waals surface area contributed by atoms with Crippen molar-refractivity contribution in [1.29, 1.82) is 0 Å². The van der Waals surface area contributed by atoms with Crippen LogP contribution in [0.15, 0.2) is 43.0 Å². The molecule has 1 aromatic carbocycles. The Bertz CT molecular complexity index is 699. The molecule has 0 amide bonds. The lowest BCUT2D eigenvalue weighted by Crippen LogP contribution is -2.19. The molecule has 2 rings (SSSR count). The number of aromatic nitrogens is 1. The third-order valence-electron chi connectivity index (χ3n) is 3.59. The van der Waals surface area contributed by atoms with Crippen LogP contribution in [-0.2, 0) is 6.42 Å².